The highest BCUT2D eigenvalue weighted by molar-refractivity contribution is 7.88. The molecule has 0 unspecified atom stereocenters. The molecule has 1 aliphatic rings. The third kappa shape index (κ3) is 3.87. The van der Waals surface area contributed by atoms with Gasteiger partial charge >= 0.3 is 16.3 Å². The summed E-state index contributed by atoms with van der Waals surface area (Å²) in [7, 11) is -4.05. The van der Waals surface area contributed by atoms with Gasteiger partial charge in [0.15, 0.2) is 0 Å². The van der Waals surface area contributed by atoms with Crippen LogP contribution in [0.5, 0.6) is 0 Å². The molecule has 0 bridgehead atoms. The third-order valence-electron chi connectivity index (χ3n) is 2.49. The summed E-state index contributed by atoms with van der Waals surface area (Å²) in [4.78, 5) is 11.0. The largest absolute Gasteiger partial charge is 0.449 e. The summed E-state index contributed by atoms with van der Waals surface area (Å²) in [5, 5.41) is 9.00. The Labute approximate surface area is 100 Å². The van der Waals surface area contributed by atoms with Crippen LogP contribution < -0.4 is 9.44 Å². The molecule has 0 aromatic heterocycles. The maximum atomic E-state index is 11.6. The number of amides is 1. The second-order valence-electron chi connectivity index (χ2n) is 3.83. The van der Waals surface area contributed by atoms with Crippen molar-refractivity contribution in [3.8, 4) is 6.07 Å². The van der Waals surface area contributed by atoms with Gasteiger partial charge < -0.3 is 4.74 Å². The van der Waals surface area contributed by atoms with E-state index < -0.39 is 21.8 Å². The van der Waals surface area contributed by atoms with Gasteiger partial charge in [-0.3, -0.25) is 0 Å². The quantitative estimate of drug-likeness (QED) is 0.761. The summed E-state index contributed by atoms with van der Waals surface area (Å²) in [6.07, 6.45) is 1.43. The van der Waals surface area contributed by atoms with E-state index in [0.29, 0.717) is 12.8 Å². The lowest BCUT2D eigenvalue weighted by Crippen LogP contribution is -2.51. The van der Waals surface area contributed by atoms with Gasteiger partial charge in [-0.1, -0.05) is 12.8 Å². The van der Waals surface area contributed by atoms with E-state index >= 15 is 0 Å². The molecule has 0 aromatic rings. The van der Waals surface area contributed by atoms with Crippen molar-refractivity contribution in [1.29, 1.82) is 5.26 Å². The lowest BCUT2D eigenvalue weighted by Gasteiger charge is -2.21. The molecule has 0 spiro atoms. The number of hydrogen-bond donors (Lipinski definition) is 2. The van der Waals surface area contributed by atoms with Gasteiger partial charge in [0.05, 0.1) is 12.7 Å². The molecule has 1 fully saturated rings. The SMILES string of the molecule is CCOC(=O)NS(=O)(=O)NC1(C#N)CCCC1. The van der Waals surface area contributed by atoms with E-state index in [1.807, 2.05) is 6.07 Å². The van der Waals surface area contributed by atoms with Crippen LogP contribution in [0, 0.1) is 11.3 Å². The minimum atomic E-state index is -4.05. The summed E-state index contributed by atoms with van der Waals surface area (Å²) >= 11 is 0. The molecule has 0 aromatic carbocycles. The zero-order valence-electron chi connectivity index (χ0n) is 9.52. The van der Waals surface area contributed by atoms with Crippen molar-refractivity contribution in [2.45, 2.75) is 38.1 Å². The van der Waals surface area contributed by atoms with E-state index in [2.05, 4.69) is 9.46 Å². The highest BCUT2D eigenvalue weighted by Gasteiger charge is 2.38. The molecule has 1 rings (SSSR count). The number of nitrogens with one attached hydrogen (secondary N) is 2. The second-order valence-corrected chi connectivity index (χ2v) is 5.24. The van der Waals surface area contributed by atoms with Crippen molar-refractivity contribution >= 4 is 16.3 Å². The summed E-state index contributed by atoms with van der Waals surface area (Å²) in [5.74, 6) is 0. The topological polar surface area (TPSA) is 108 Å². The lowest BCUT2D eigenvalue weighted by atomic mass is 10.0. The van der Waals surface area contributed by atoms with Gasteiger partial charge in [0.2, 0.25) is 0 Å². The molecule has 96 valence electrons. The lowest BCUT2D eigenvalue weighted by molar-refractivity contribution is 0.158. The van der Waals surface area contributed by atoms with E-state index in [9.17, 15) is 13.2 Å². The first-order chi connectivity index (χ1) is 7.93. The number of nitrogens with zero attached hydrogens (tertiary/aromatic N) is 1. The van der Waals surface area contributed by atoms with E-state index in [4.69, 9.17) is 5.26 Å². The van der Waals surface area contributed by atoms with E-state index in [0.717, 1.165) is 12.8 Å². The summed E-state index contributed by atoms with van der Waals surface area (Å²) in [5.41, 5.74) is -1.10. The molecular formula is C9H15N3O4S. The predicted octanol–water partition coefficient (Wildman–Crippen LogP) is 0.403. The average molecular weight is 261 g/mol. The Morgan fingerprint density at radius 3 is 2.53 bits per heavy atom. The van der Waals surface area contributed by atoms with Crippen LogP contribution in [0.3, 0.4) is 0 Å². The van der Waals surface area contributed by atoms with Gasteiger partial charge in [-0.2, -0.15) is 18.4 Å². The third-order valence-corrected chi connectivity index (χ3v) is 3.59. The summed E-state index contributed by atoms with van der Waals surface area (Å²) < 4.78 is 31.5. The first kappa shape index (κ1) is 13.7. The maximum absolute atomic E-state index is 11.6. The number of carbonyl (C=O) groups excluding carboxylic acids is 1. The van der Waals surface area contributed by atoms with Gasteiger partial charge in [-0.25, -0.2) is 9.52 Å². The van der Waals surface area contributed by atoms with Crippen molar-refractivity contribution < 1.29 is 17.9 Å². The van der Waals surface area contributed by atoms with Crippen LogP contribution in [0.1, 0.15) is 32.6 Å². The molecule has 1 amide bonds. The highest BCUT2D eigenvalue weighted by atomic mass is 32.2. The van der Waals surface area contributed by atoms with Gasteiger partial charge in [-0.05, 0) is 19.8 Å². The van der Waals surface area contributed by atoms with Gasteiger partial charge in [-0.15, -0.1) is 0 Å². The standard InChI is InChI=1S/C9H15N3O4S/c1-2-16-8(13)11-17(14,15)12-9(7-10)5-3-4-6-9/h12H,2-6H2,1H3,(H,11,13). The highest BCUT2D eigenvalue weighted by Crippen LogP contribution is 2.29. The molecular weight excluding hydrogens is 246 g/mol. The Morgan fingerprint density at radius 2 is 2.06 bits per heavy atom. The number of hydrogen-bond acceptors (Lipinski definition) is 5. The Balaban J connectivity index is 2.66. The molecule has 0 heterocycles. The molecule has 0 saturated heterocycles. The summed E-state index contributed by atoms with van der Waals surface area (Å²) in [6.45, 7) is 1.64. The van der Waals surface area contributed by atoms with Crippen LogP contribution in [0.4, 0.5) is 4.79 Å². The van der Waals surface area contributed by atoms with Crippen LogP contribution >= 0.6 is 0 Å². The first-order valence-electron chi connectivity index (χ1n) is 5.33. The van der Waals surface area contributed by atoms with Crippen LogP contribution in [0.15, 0.2) is 0 Å². The minimum absolute atomic E-state index is 0.0742. The summed E-state index contributed by atoms with van der Waals surface area (Å²) in [6, 6.07) is 1.96. The van der Waals surface area contributed by atoms with Gasteiger partial charge in [0, 0.05) is 0 Å². The Bertz CT molecular complexity index is 420. The van der Waals surface area contributed by atoms with Crippen LogP contribution in [0.25, 0.3) is 0 Å². The van der Waals surface area contributed by atoms with Crippen molar-refractivity contribution in [2.75, 3.05) is 6.61 Å². The Hall–Kier alpha value is -1.33. The van der Waals surface area contributed by atoms with Crippen molar-refractivity contribution in [2.24, 2.45) is 0 Å². The normalized spacial score (nSPS) is 18.4. The van der Waals surface area contributed by atoms with Crippen LogP contribution in [-0.4, -0.2) is 26.7 Å². The van der Waals surface area contributed by atoms with Crippen molar-refractivity contribution in [3.05, 3.63) is 0 Å². The zero-order valence-corrected chi connectivity index (χ0v) is 10.3. The number of rotatable bonds is 4. The van der Waals surface area contributed by atoms with Gasteiger partial charge in [0.1, 0.15) is 5.54 Å². The first-order valence-corrected chi connectivity index (χ1v) is 6.81. The molecule has 2 N–H and O–H groups in total. The zero-order chi connectivity index (χ0) is 12.9. The van der Waals surface area contributed by atoms with Crippen molar-refractivity contribution in [1.82, 2.24) is 9.44 Å². The minimum Gasteiger partial charge on any atom is -0.449 e. The van der Waals surface area contributed by atoms with E-state index in [1.165, 1.54) is 0 Å². The van der Waals surface area contributed by atoms with E-state index in [-0.39, 0.29) is 6.61 Å². The molecule has 17 heavy (non-hydrogen) atoms. The van der Waals surface area contributed by atoms with Crippen LogP contribution in [0.2, 0.25) is 0 Å². The monoisotopic (exact) mass is 261 g/mol. The fourth-order valence-corrected chi connectivity index (χ4v) is 2.86. The maximum Gasteiger partial charge on any atom is 0.421 e. The number of carbonyl (C=O) groups is 1. The number of ether oxygens (including phenoxy) is 1. The second kappa shape index (κ2) is 5.33. The molecule has 0 atom stereocenters. The molecule has 1 aliphatic carbocycles. The van der Waals surface area contributed by atoms with Crippen molar-refractivity contribution in [3.63, 3.8) is 0 Å². The smallest absolute Gasteiger partial charge is 0.421 e. The van der Waals surface area contributed by atoms with Crippen LogP contribution in [-0.2, 0) is 14.9 Å². The van der Waals surface area contributed by atoms with Gasteiger partial charge in [0.25, 0.3) is 0 Å². The fraction of sp³-hybridized carbons (Fsp3) is 0.778. The molecule has 0 aliphatic heterocycles. The molecule has 7 nitrogen and oxygen atoms in total. The number of nitriles is 1. The fourth-order valence-electron chi connectivity index (χ4n) is 1.77. The molecule has 1 saturated carbocycles. The molecule has 0 radical (unpaired) electrons. The van der Waals surface area contributed by atoms with E-state index in [1.54, 1.807) is 11.6 Å². The molecule has 8 heteroatoms. The Morgan fingerprint density at radius 1 is 1.47 bits per heavy atom. The average Bonchev–Trinajstić information content (AvgIpc) is 2.65. The predicted molar refractivity (Wildman–Crippen MR) is 59.0 cm³/mol. The Kier molecular flexibility index (Phi) is 4.31.